The van der Waals surface area contributed by atoms with E-state index in [0.29, 0.717) is 6.54 Å². The van der Waals surface area contributed by atoms with Gasteiger partial charge in [-0.25, -0.2) is 4.98 Å². The topological polar surface area (TPSA) is 45.2 Å². The van der Waals surface area contributed by atoms with Gasteiger partial charge in [0.25, 0.3) is 0 Å². The molecule has 0 radical (unpaired) electrons. The summed E-state index contributed by atoms with van der Waals surface area (Å²) in [6.45, 7) is 2.93. The number of piperidine rings is 1. The number of carbonyl (C=O) groups is 1. The van der Waals surface area contributed by atoms with E-state index in [1.54, 1.807) is 11.3 Å². The van der Waals surface area contributed by atoms with E-state index in [4.69, 9.17) is 0 Å². The van der Waals surface area contributed by atoms with Crippen LogP contribution in [0.15, 0.2) is 10.9 Å². The zero-order chi connectivity index (χ0) is 15.2. The SMILES string of the molecule is O=C(NCCc1cscn1)C1CCN(C2CCCCC2)CC1. The fourth-order valence-corrected chi connectivity index (χ4v) is 4.38. The number of carbonyl (C=O) groups excluding carboxylic acids is 1. The standard InChI is InChI=1S/C17H27N3OS/c21-17(18-9-6-15-12-22-13-19-15)14-7-10-20(11-8-14)16-4-2-1-3-5-16/h12-14,16H,1-11H2,(H,18,21). The van der Waals surface area contributed by atoms with Crippen LogP contribution < -0.4 is 5.32 Å². The molecule has 1 N–H and O–H groups in total. The van der Waals surface area contributed by atoms with Crippen LogP contribution in [0.3, 0.4) is 0 Å². The number of aromatic nitrogens is 1. The molecule has 0 spiro atoms. The number of hydrogen-bond donors (Lipinski definition) is 1. The number of nitrogens with zero attached hydrogens (tertiary/aromatic N) is 2. The van der Waals surface area contributed by atoms with E-state index in [9.17, 15) is 4.79 Å². The number of thiazole rings is 1. The summed E-state index contributed by atoms with van der Waals surface area (Å²) in [6.07, 6.45) is 9.82. The molecular weight excluding hydrogens is 294 g/mol. The molecule has 1 saturated heterocycles. The molecule has 2 aliphatic rings. The number of rotatable bonds is 5. The maximum absolute atomic E-state index is 12.3. The quantitative estimate of drug-likeness (QED) is 0.907. The van der Waals surface area contributed by atoms with E-state index in [1.165, 1.54) is 32.1 Å². The molecule has 122 valence electrons. The number of amides is 1. The van der Waals surface area contributed by atoms with E-state index in [-0.39, 0.29) is 11.8 Å². The molecule has 1 saturated carbocycles. The van der Waals surface area contributed by atoms with Crippen molar-refractivity contribution in [1.29, 1.82) is 0 Å². The molecule has 0 aromatic carbocycles. The Morgan fingerprint density at radius 2 is 2.00 bits per heavy atom. The summed E-state index contributed by atoms with van der Waals surface area (Å²) in [5, 5.41) is 5.14. The average molecular weight is 321 g/mol. The molecule has 5 heteroatoms. The van der Waals surface area contributed by atoms with Crippen LogP contribution in [0, 0.1) is 5.92 Å². The first-order valence-corrected chi connectivity index (χ1v) is 9.66. The van der Waals surface area contributed by atoms with Crippen LogP contribution in [0.1, 0.15) is 50.6 Å². The largest absolute Gasteiger partial charge is 0.355 e. The summed E-state index contributed by atoms with van der Waals surface area (Å²) in [5.41, 5.74) is 2.93. The van der Waals surface area contributed by atoms with E-state index in [0.717, 1.165) is 44.1 Å². The maximum Gasteiger partial charge on any atom is 0.223 e. The van der Waals surface area contributed by atoms with Gasteiger partial charge in [-0.15, -0.1) is 11.3 Å². The number of likely N-dealkylation sites (tertiary alicyclic amines) is 1. The monoisotopic (exact) mass is 321 g/mol. The van der Waals surface area contributed by atoms with Gasteiger partial charge in [-0.2, -0.15) is 0 Å². The van der Waals surface area contributed by atoms with Gasteiger partial charge in [0.05, 0.1) is 11.2 Å². The van der Waals surface area contributed by atoms with Crippen molar-refractivity contribution in [3.63, 3.8) is 0 Å². The molecule has 1 aromatic heterocycles. The van der Waals surface area contributed by atoms with Gasteiger partial charge in [0.15, 0.2) is 0 Å². The van der Waals surface area contributed by atoms with Gasteiger partial charge in [-0.3, -0.25) is 4.79 Å². The van der Waals surface area contributed by atoms with Crippen LogP contribution in [0.25, 0.3) is 0 Å². The minimum absolute atomic E-state index is 0.218. The molecule has 1 aliphatic heterocycles. The second-order valence-electron chi connectivity index (χ2n) is 6.62. The number of hydrogen-bond acceptors (Lipinski definition) is 4. The van der Waals surface area contributed by atoms with Crippen molar-refractivity contribution in [2.24, 2.45) is 5.92 Å². The molecule has 0 atom stereocenters. The van der Waals surface area contributed by atoms with Crippen molar-refractivity contribution >= 4 is 17.2 Å². The van der Waals surface area contributed by atoms with Crippen molar-refractivity contribution in [3.05, 3.63) is 16.6 Å². The lowest BCUT2D eigenvalue weighted by atomic mass is 9.90. The summed E-state index contributed by atoms with van der Waals surface area (Å²) < 4.78 is 0. The van der Waals surface area contributed by atoms with Crippen molar-refractivity contribution in [2.45, 2.75) is 57.4 Å². The van der Waals surface area contributed by atoms with Gasteiger partial charge >= 0.3 is 0 Å². The summed E-state index contributed by atoms with van der Waals surface area (Å²) in [6, 6.07) is 0.794. The Hall–Kier alpha value is -0.940. The summed E-state index contributed by atoms with van der Waals surface area (Å²) in [5.74, 6) is 0.466. The molecule has 1 aliphatic carbocycles. The Morgan fingerprint density at radius 3 is 2.68 bits per heavy atom. The van der Waals surface area contributed by atoms with Crippen LogP contribution in [0.4, 0.5) is 0 Å². The lowest BCUT2D eigenvalue weighted by Gasteiger charge is -2.38. The third-order valence-electron chi connectivity index (χ3n) is 5.16. The molecule has 3 rings (SSSR count). The van der Waals surface area contributed by atoms with Gasteiger partial charge in [0.1, 0.15) is 0 Å². The van der Waals surface area contributed by atoms with Crippen LogP contribution in [0.2, 0.25) is 0 Å². The molecule has 2 heterocycles. The van der Waals surface area contributed by atoms with Gasteiger partial charge in [0, 0.05) is 30.3 Å². The van der Waals surface area contributed by atoms with Gasteiger partial charge in [0.2, 0.25) is 5.91 Å². The smallest absolute Gasteiger partial charge is 0.223 e. The highest BCUT2D eigenvalue weighted by Gasteiger charge is 2.29. The normalized spacial score (nSPS) is 21.8. The van der Waals surface area contributed by atoms with Crippen LogP contribution in [-0.2, 0) is 11.2 Å². The van der Waals surface area contributed by atoms with Crippen LogP contribution in [-0.4, -0.2) is 41.5 Å². The maximum atomic E-state index is 12.3. The third-order valence-corrected chi connectivity index (χ3v) is 5.79. The predicted octanol–water partition coefficient (Wildman–Crippen LogP) is 2.85. The van der Waals surface area contributed by atoms with Gasteiger partial charge in [-0.05, 0) is 38.8 Å². The van der Waals surface area contributed by atoms with Crippen molar-refractivity contribution in [1.82, 2.24) is 15.2 Å². The third kappa shape index (κ3) is 4.29. The van der Waals surface area contributed by atoms with Crippen LogP contribution in [0.5, 0.6) is 0 Å². The lowest BCUT2D eigenvalue weighted by Crippen LogP contribution is -2.45. The fraction of sp³-hybridized carbons (Fsp3) is 0.765. The molecule has 2 fully saturated rings. The Morgan fingerprint density at radius 1 is 1.23 bits per heavy atom. The second kappa shape index (κ2) is 8.06. The van der Waals surface area contributed by atoms with Gasteiger partial charge in [-0.1, -0.05) is 19.3 Å². The highest BCUT2D eigenvalue weighted by Crippen LogP contribution is 2.27. The molecule has 22 heavy (non-hydrogen) atoms. The summed E-state index contributed by atoms with van der Waals surface area (Å²) in [7, 11) is 0. The fourth-order valence-electron chi connectivity index (χ4n) is 3.79. The Balaban J connectivity index is 1.36. The summed E-state index contributed by atoms with van der Waals surface area (Å²) >= 11 is 1.61. The Bertz CT molecular complexity index is 448. The highest BCUT2D eigenvalue weighted by atomic mass is 32.1. The second-order valence-corrected chi connectivity index (χ2v) is 7.34. The minimum atomic E-state index is 0.218. The first-order chi connectivity index (χ1) is 10.8. The average Bonchev–Trinajstić information content (AvgIpc) is 3.09. The van der Waals surface area contributed by atoms with E-state index in [1.807, 2.05) is 5.51 Å². The molecular formula is C17H27N3OS. The molecule has 0 bridgehead atoms. The zero-order valence-corrected chi connectivity index (χ0v) is 14.1. The predicted molar refractivity (Wildman–Crippen MR) is 90.0 cm³/mol. The van der Waals surface area contributed by atoms with Crippen LogP contribution >= 0.6 is 11.3 Å². The Labute approximate surface area is 137 Å². The van der Waals surface area contributed by atoms with Gasteiger partial charge < -0.3 is 10.2 Å². The van der Waals surface area contributed by atoms with Crippen molar-refractivity contribution in [3.8, 4) is 0 Å². The first kappa shape index (κ1) is 15.9. The molecule has 4 nitrogen and oxygen atoms in total. The highest BCUT2D eigenvalue weighted by molar-refractivity contribution is 7.07. The minimum Gasteiger partial charge on any atom is -0.355 e. The van der Waals surface area contributed by atoms with Crippen molar-refractivity contribution in [2.75, 3.05) is 19.6 Å². The molecule has 1 amide bonds. The lowest BCUT2D eigenvalue weighted by molar-refractivity contribution is -0.126. The van der Waals surface area contributed by atoms with E-state index >= 15 is 0 Å². The molecule has 1 aromatic rings. The van der Waals surface area contributed by atoms with E-state index < -0.39 is 0 Å². The first-order valence-electron chi connectivity index (χ1n) is 8.72. The number of nitrogens with one attached hydrogen (secondary N) is 1. The Kier molecular flexibility index (Phi) is 5.84. The molecule has 0 unspecified atom stereocenters. The van der Waals surface area contributed by atoms with E-state index in [2.05, 4.69) is 20.6 Å². The zero-order valence-electron chi connectivity index (χ0n) is 13.3. The summed E-state index contributed by atoms with van der Waals surface area (Å²) in [4.78, 5) is 19.1. The van der Waals surface area contributed by atoms with Crippen molar-refractivity contribution < 1.29 is 4.79 Å².